The van der Waals surface area contributed by atoms with Gasteiger partial charge in [-0.25, -0.2) is 4.98 Å². The molecule has 0 radical (unpaired) electrons. The van der Waals surface area contributed by atoms with E-state index in [1.807, 2.05) is 0 Å². The minimum atomic E-state index is -0.111. The molecule has 6 rings (SSSR count). The molecule has 0 saturated heterocycles. The Morgan fingerprint density at radius 1 is 1.12 bits per heavy atom. The molecule has 0 spiro atoms. The van der Waals surface area contributed by atoms with E-state index in [4.69, 9.17) is 4.98 Å². The first-order valence-electron chi connectivity index (χ1n) is 9.85. The average Bonchev–Trinajstić information content (AvgIpc) is 3.01. The van der Waals surface area contributed by atoms with Crippen LogP contribution in [0.15, 0.2) is 23.6 Å². The van der Waals surface area contributed by atoms with Gasteiger partial charge in [-0.1, -0.05) is 23.8 Å². The van der Waals surface area contributed by atoms with Crippen LogP contribution in [0.2, 0.25) is 0 Å². The molecule has 4 heteroatoms. The van der Waals surface area contributed by atoms with Gasteiger partial charge in [-0.3, -0.25) is 4.79 Å². The van der Waals surface area contributed by atoms with E-state index in [9.17, 15) is 4.79 Å². The molecule has 4 aliphatic rings. The number of thiazole rings is 1. The van der Waals surface area contributed by atoms with Crippen molar-refractivity contribution in [2.24, 2.45) is 23.2 Å². The summed E-state index contributed by atoms with van der Waals surface area (Å²) in [4.78, 5) is 17.9. The Morgan fingerprint density at radius 3 is 2.38 bits per heavy atom. The molecule has 4 fully saturated rings. The molecule has 136 valence electrons. The molecule has 1 aromatic heterocycles. The minimum Gasteiger partial charge on any atom is -0.301 e. The molecule has 2 aromatic rings. The summed E-state index contributed by atoms with van der Waals surface area (Å²) in [6.07, 6.45) is 7.38. The van der Waals surface area contributed by atoms with Crippen molar-refractivity contribution in [3.8, 4) is 11.3 Å². The van der Waals surface area contributed by atoms with Crippen LogP contribution < -0.4 is 5.32 Å². The molecule has 1 N–H and O–H groups in total. The van der Waals surface area contributed by atoms with Gasteiger partial charge in [0.15, 0.2) is 5.13 Å². The molecule has 4 saturated carbocycles. The number of nitrogens with one attached hydrogen (secondary N) is 1. The molecule has 0 atom stereocenters. The second-order valence-electron chi connectivity index (χ2n) is 9.01. The van der Waals surface area contributed by atoms with Crippen molar-refractivity contribution in [2.75, 3.05) is 5.32 Å². The van der Waals surface area contributed by atoms with E-state index >= 15 is 0 Å². The topological polar surface area (TPSA) is 42.0 Å². The first-order chi connectivity index (χ1) is 12.5. The number of amides is 1. The molecule has 4 aliphatic carbocycles. The standard InChI is InChI=1S/C22H26N2OS/c1-13-3-4-18(14(2)5-13)19-12-26-21(23-19)24-20(25)22-9-15-6-16(10-22)8-17(7-15)11-22/h3-5,12,15-17H,6-11H2,1-2H3,(H,23,24,25). The molecule has 3 nitrogen and oxygen atoms in total. The molecule has 1 aromatic carbocycles. The van der Waals surface area contributed by atoms with Crippen molar-refractivity contribution < 1.29 is 4.79 Å². The number of carbonyl (C=O) groups is 1. The van der Waals surface area contributed by atoms with Crippen molar-refractivity contribution in [1.82, 2.24) is 4.98 Å². The molecule has 0 unspecified atom stereocenters. The van der Waals surface area contributed by atoms with Crippen LogP contribution in [0.3, 0.4) is 0 Å². The predicted octanol–water partition coefficient (Wildman–Crippen LogP) is 5.58. The van der Waals surface area contributed by atoms with Gasteiger partial charge in [0.25, 0.3) is 0 Å². The first-order valence-corrected chi connectivity index (χ1v) is 10.7. The summed E-state index contributed by atoms with van der Waals surface area (Å²) < 4.78 is 0. The number of hydrogen-bond acceptors (Lipinski definition) is 3. The monoisotopic (exact) mass is 366 g/mol. The molecule has 1 amide bonds. The van der Waals surface area contributed by atoms with Gasteiger partial charge in [0.1, 0.15) is 0 Å². The third kappa shape index (κ3) is 2.70. The van der Waals surface area contributed by atoms with Crippen molar-refractivity contribution in [1.29, 1.82) is 0 Å². The summed E-state index contributed by atoms with van der Waals surface area (Å²) in [5, 5.41) is 6.00. The average molecular weight is 367 g/mol. The zero-order chi connectivity index (χ0) is 17.9. The third-order valence-corrected chi connectivity index (χ3v) is 7.66. The summed E-state index contributed by atoms with van der Waals surface area (Å²) in [7, 11) is 0. The number of benzene rings is 1. The lowest BCUT2D eigenvalue weighted by Gasteiger charge is -2.55. The van der Waals surface area contributed by atoms with Crippen LogP contribution in [0.4, 0.5) is 5.13 Å². The van der Waals surface area contributed by atoms with Crippen LogP contribution in [-0.2, 0) is 4.79 Å². The van der Waals surface area contributed by atoms with Gasteiger partial charge in [-0.15, -0.1) is 11.3 Å². The summed E-state index contributed by atoms with van der Waals surface area (Å²) in [6, 6.07) is 6.43. The highest BCUT2D eigenvalue weighted by Gasteiger charge is 2.54. The highest BCUT2D eigenvalue weighted by atomic mass is 32.1. The Kier molecular flexibility index (Phi) is 3.75. The summed E-state index contributed by atoms with van der Waals surface area (Å²) in [5.74, 6) is 2.59. The molecule has 0 aliphatic heterocycles. The van der Waals surface area contributed by atoms with E-state index in [0.29, 0.717) is 0 Å². The fourth-order valence-electron chi connectivity index (χ4n) is 6.17. The largest absolute Gasteiger partial charge is 0.301 e. The number of aryl methyl sites for hydroxylation is 2. The summed E-state index contributed by atoms with van der Waals surface area (Å²) in [6.45, 7) is 4.23. The maximum absolute atomic E-state index is 13.2. The second kappa shape index (κ2) is 5.91. The Morgan fingerprint density at radius 2 is 1.77 bits per heavy atom. The third-order valence-electron chi connectivity index (χ3n) is 6.90. The molecular formula is C22H26N2OS. The number of nitrogens with zero attached hydrogens (tertiary/aromatic N) is 1. The number of hydrogen-bond donors (Lipinski definition) is 1. The van der Waals surface area contributed by atoms with Gasteiger partial charge in [0.05, 0.1) is 11.1 Å². The maximum atomic E-state index is 13.2. The van der Waals surface area contributed by atoms with E-state index in [1.165, 1.54) is 30.4 Å². The van der Waals surface area contributed by atoms with Crippen LogP contribution in [0.5, 0.6) is 0 Å². The number of anilines is 1. The lowest BCUT2D eigenvalue weighted by atomic mass is 9.49. The van der Waals surface area contributed by atoms with E-state index in [0.717, 1.165) is 53.4 Å². The second-order valence-corrected chi connectivity index (χ2v) is 9.87. The van der Waals surface area contributed by atoms with Crippen LogP contribution in [-0.4, -0.2) is 10.9 Å². The molecule has 4 bridgehead atoms. The van der Waals surface area contributed by atoms with E-state index in [-0.39, 0.29) is 11.3 Å². The number of aromatic nitrogens is 1. The zero-order valence-corrected chi connectivity index (χ0v) is 16.4. The van der Waals surface area contributed by atoms with E-state index in [2.05, 4.69) is 42.7 Å². The van der Waals surface area contributed by atoms with Crippen molar-refractivity contribution in [3.05, 3.63) is 34.7 Å². The fourth-order valence-corrected chi connectivity index (χ4v) is 6.88. The number of carbonyl (C=O) groups excluding carboxylic acids is 1. The highest BCUT2D eigenvalue weighted by Crippen LogP contribution is 2.60. The van der Waals surface area contributed by atoms with Crippen molar-refractivity contribution in [3.63, 3.8) is 0 Å². The molecule has 1 heterocycles. The maximum Gasteiger partial charge on any atom is 0.232 e. The van der Waals surface area contributed by atoms with Gasteiger partial charge in [-0.05, 0) is 75.7 Å². The van der Waals surface area contributed by atoms with Crippen molar-refractivity contribution >= 4 is 22.4 Å². The lowest BCUT2D eigenvalue weighted by Crippen LogP contribution is -2.51. The van der Waals surface area contributed by atoms with E-state index in [1.54, 1.807) is 11.3 Å². The minimum absolute atomic E-state index is 0.111. The van der Waals surface area contributed by atoms with Crippen LogP contribution >= 0.6 is 11.3 Å². The van der Waals surface area contributed by atoms with Crippen LogP contribution in [0.25, 0.3) is 11.3 Å². The van der Waals surface area contributed by atoms with Crippen molar-refractivity contribution in [2.45, 2.75) is 52.4 Å². The van der Waals surface area contributed by atoms with Crippen LogP contribution in [0.1, 0.15) is 49.7 Å². The Hall–Kier alpha value is -1.68. The van der Waals surface area contributed by atoms with Gasteiger partial charge >= 0.3 is 0 Å². The first kappa shape index (κ1) is 16.5. The summed E-state index contributed by atoms with van der Waals surface area (Å²) >= 11 is 1.55. The lowest BCUT2D eigenvalue weighted by molar-refractivity contribution is -0.140. The van der Waals surface area contributed by atoms with Gasteiger partial charge < -0.3 is 5.32 Å². The van der Waals surface area contributed by atoms with Crippen LogP contribution in [0, 0.1) is 37.0 Å². The van der Waals surface area contributed by atoms with Gasteiger partial charge in [0, 0.05) is 10.9 Å². The normalized spacial score (nSPS) is 32.0. The van der Waals surface area contributed by atoms with E-state index < -0.39 is 0 Å². The zero-order valence-electron chi connectivity index (χ0n) is 15.5. The summed E-state index contributed by atoms with van der Waals surface area (Å²) in [5.41, 5.74) is 4.50. The SMILES string of the molecule is Cc1ccc(-c2csc(NC(=O)C34CC5CC(CC(C5)C3)C4)n2)c(C)c1. The smallest absolute Gasteiger partial charge is 0.232 e. The van der Waals surface area contributed by atoms with Gasteiger partial charge in [-0.2, -0.15) is 0 Å². The molecule has 26 heavy (non-hydrogen) atoms. The Bertz CT molecular complexity index is 833. The fraction of sp³-hybridized carbons (Fsp3) is 0.545. The van der Waals surface area contributed by atoms with Gasteiger partial charge in [0.2, 0.25) is 5.91 Å². The number of rotatable bonds is 3. The highest BCUT2D eigenvalue weighted by molar-refractivity contribution is 7.14. The Balaban J connectivity index is 1.36. The quantitative estimate of drug-likeness (QED) is 0.770. The Labute approximate surface area is 159 Å². The molecular weight excluding hydrogens is 340 g/mol. The predicted molar refractivity (Wildman–Crippen MR) is 106 cm³/mol.